The molecule has 0 bridgehead atoms. The van der Waals surface area contributed by atoms with Crippen LogP contribution in [-0.2, 0) is 22.3 Å². The molecule has 2 aromatic carbocycles. The minimum Gasteiger partial charge on any atom is -0.356 e. The molecular weight excluding hydrogens is 380 g/mol. The molecule has 2 heterocycles. The first-order valence-corrected chi connectivity index (χ1v) is 10.4. The van der Waals surface area contributed by atoms with E-state index in [2.05, 4.69) is 15.0 Å². The lowest BCUT2D eigenvalue weighted by Gasteiger charge is -2.15. The molecule has 0 radical (unpaired) electrons. The van der Waals surface area contributed by atoms with Crippen molar-refractivity contribution < 1.29 is 12.9 Å². The standard InChI is InChI=1S/C19H18N4O4S/c1-13(11-23-19(24)15-7-3-2-6-14(15)10-20-23)22-28(25,26)12-17-16-8-4-5-9-18(16)27-21-17/h2-10,13,22H,11-12H2,1H3. The molecule has 1 atom stereocenters. The Kier molecular flexibility index (Phi) is 4.70. The Bertz CT molecular complexity index is 1310. The summed E-state index contributed by atoms with van der Waals surface area (Å²) in [5.74, 6) is -0.311. The number of para-hydroxylation sites is 1. The first kappa shape index (κ1) is 18.3. The van der Waals surface area contributed by atoms with Gasteiger partial charge in [-0.05, 0) is 25.1 Å². The molecule has 2 aromatic heterocycles. The van der Waals surface area contributed by atoms with Crippen molar-refractivity contribution in [1.82, 2.24) is 19.7 Å². The van der Waals surface area contributed by atoms with Crippen LogP contribution in [0.4, 0.5) is 0 Å². The van der Waals surface area contributed by atoms with E-state index in [4.69, 9.17) is 4.52 Å². The number of benzene rings is 2. The van der Waals surface area contributed by atoms with Crippen LogP contribution in [0.1, 0.15) is 12.6 Å². The van der Waals surface area contributed by atoms with Gasteiger partial charge in [-0.2, -0.15) is 5.10 Å². The van der Waals surface area contributed by atoms with E-state index in [0.29, 0.717) is 22.0 Å². The number of hydrogen-bond acceptors (Lipinski definition) is 6. The van der Waals surface area contributed by atoms with E-state index >= 15 is 0 Å². The fourth-order valence-electron chi connectivity index (χ4n) is 3.12. The van der Waals surface area contributed by atoms with E-state index < -0.39 is 16.1 Å². The van der Waals surface area contributed by atoms with Crippen molar-refractivity contribution in [3.05, 3.63) is 70.8 Å². The monoisotopic (exact) mass is 398 g/mol. The van der Waals surface area contributed by atoms with E-state index in [1.807, 2.05) is 12.1 Å². The molecule has 9 heteroatoms. The maximum absolute atomic E-state index is 12.5. The summed E-state index contributed by atoms with van der Waals surface area (Å²) in [7, 11) is -3.69. The lowest BCUT2D eigenvalue weighted by Crippen LogP contribution is -2.39. The fourth-order valence-corrected chi connectivity index (χ4v) is 4.46. The summed E-state index contributed by atoms with van der Waals surface area (Å²) < 4.78 is 34.1. The van der Waals surface area contributed by atoms with Crippen molar-refractivity contribution in [2.24, 2.45) is 0 Å². The van der Waals surface area contributed by atoms with Gasteiger partial charge in [0, 0.05) is 16.8 Å². The SMILES string of the molecule is CC(Cn1ncc2ccccc2c1=O)NS(=O)(=O)Cc1noc2ccccc12. The molecular formula is C19H18N4O4S. The number of hydrogen-bond donors (Lipinski definition) is 1. The molecule has 28 heavy (non-hydrogen) atoms. The van der Waals surface area contributed by atoms with Crippen LogP contribution in [-0.4, -0.2) is 29.4 Å². The summed E-state index contributed by atoms with van der Waals surface area (Å²) in [6.45, 7) is 1.80. The molecule has 0 saturated carbocycles. The van der Waals surface area contributed by atoms with Crippen molar-refractivity contribution in [3.8, 4) is 0 Å². The van der Waals surface area contributed by atoms with Crippen LogP contribution in [0, 0.1) is 0 Å². The topological polar surface area (TPSA) is 107 Å². The van der Waals surface area contributed by atoms with Gasteiger partial charge in [0.25, 0.3) is 5.56 Å². The quantitative estimate of drug-likeness (QED) is 0.533. The number of sulfonamides is 1. The summed E-state index contributed by atoms with van der Waals surface area (Å²) in [5.41, 5.74) is 0.621. The average Bonchev–Trinajstić information content (AvgIpc) is 3.06. The van der Waals surface area contributed by atoms with E-state index in [9.17, 15) is 13.2 Å². The highest BCUT2D eigenvalue weighted by Gasteiger charge is 2.20. The van der Waals surface area contributed by atoms with Crippen molar-refractivity contribution in [2.45, 2.75) is 25.3 Å². The summed E-state index contributed by atoms with van der Waals surface area (Å²) in [6, 6.07) is 13.7. The second-order valence-corrected chi connectivity index (χ2v) is 8.38. The molecule has 0 aliphatic rings. The van der Waals surface area contributed by atoms with E-state index in [0.717, 1.165) is 5.39 Å². The maximum Gasteiger partial charge on any atom is 0.274 e. The van der Waals surface area contributed by atoms with Crippen molar-refractivity contribution in [2.75, 3.05) is 0 Å². The molecule has 144 valence electrons. The summed E-state index contributed by atoms with van der Waals surface area (Å²) in [4.78, 5) is 12.5. The number of aromatic nitrogens is 3. The first-order valence-electron chi connectivity index (χ1n) is 8.71. The minimum absolute atomic E-state index is 0.114. The van der Waals surface area contributed by atoms with Crippen LogP contribution >= 0.6 is 0 Å². The highest BCUT2D eigenvalue weighted by atomic mass is 32.2. The Morgan fingerprint density at radius 2 is 1.82 bits per heavy atom. The molecule has 0 spiro atoms. The van der Waals surface area contributed by atoms with Gasteiger partial charge in [0.2, 0.25) is 10.0 Å². The minimum atomic E-state index is -3.69. The lowest BCUT2D eigenvalue weighted by molar-refractivity contribution is 0.447. The molecule has 0 aliphatic carbocycles. The predicted molar refractivity (Wildman–Crippen MR) is 105 cm³/mol. The van der Waals surface area contributed by atoms with Gasteiger partial charge in [-0.1, -0.05) is 35.5 Å². The second-order valence-electron chi connectivity index (χ2n) is 6.62. The molecule has 1 N–H and O–H groups in total. The Labute approximate surface area is 160 Å². The molecule has 0 amide bonds. The molecule has 4 aromatic rings. The van der Waals surface area contributed by atoms with Gasteiger partial charge in [-0.3, -0.25) is 4.79 Å². The fraction of sp³-hybridized carbons (Fsp3) is 0.211. The number of rotatable bonds is 6. The van der Waals surface area contributed by atoms with Crippen LogP contribution in [0.5, 0.6) is 0 Å². The lowest BCUT2D eigenvalue weighted by atomic mass is 10.2. The van der Waals surface area contributed by atoms with Gasteiger partial charge in [0.05, 0.1) is 18.1 Å². The van der Waals surface area contributed by atoms with Gasteiger partial charge in [-0.15, -0.1) is 0 Å². The zero-order valence-corrected chi connectivity index (χ0v) is 15.9. The number of fused-ring (bicyclic) bond motifs is 2. The van der Waals surface area contributed by atoms with E-state index in [-0.39, 0.29) is 17.9 Å². The largest absolute Gasteiger partial charge is 0.356 e. The molecule has 0 aliphatic heterocycles. The number of nitrogens with one attached hydrogen (secondary N) is 1. The smallest absolute Gasteiger partial charge is 0.274 e. The third kappa shape index (κ3) is 3.67. The van der Waals surface area contributed by atoms with E-state index in [1.165, 1.54) is 4.68 Å². The summed E-state index contributed by atoms with van der Waals surface area (Å²) >= 11 is 0. The summed E-state index contributed by atoms with van der Waals surface area (Å²) in [5, 5.41) is 9.94. The Balaban J connectivity index is 1.50. The second kappa shape index (κ2) is 7.17. The first-order chi connectivity index (χ1) is 13.4. The molecule has 0 saturated heterocycles. The Morgan fingerprint density at radius 3 is 2.64 bits per heavy atom. The van der Waals surface area contributed by atoms with Crippen molar-refractivity contribution in [1.29, 1.82) is 0 Å². The highest BCUT2D eigenvalue weighted by Crippen LogP contribution is 2.19. The third-order valence-corrected chi connectivity index (χ3v) is 5.78. The highest BCUT2D eigenvalue weighted by molar-refractivity contribution is 7.88. The van der Waals surface area contributed by atoms with Gasteiger partial charge in [0.15, 0.2) is 5.58 Å². The maximum atomic E-state index is 12.5. The van der Waals surface area contributed by atoms with Crippen molar-refractivity contribution >= 4 is 31.8 Å². The molecule has 0 fully saturated rings. The zero-order chi connectivity index (χ0) is 19.7. The Hall–Kier alpha value is -3.04. The summed E-state index contributed by atoms with van der Waals surface area (Å²) in [6.07, 6.45) is 1.60. The van der Waals surface area contributed by atoms with Crippen LogP contribution in [0.25, 0.3) is 21.7 Å². The zero-order valence-electron chi connectivity index (χ0n) is 15.1. The van der Waals surface area contributed by atoms with Gasteiger partial charge in [0.1, 0.15) is 11.4 Å². The van der Waals surface area contributed by atoms with Gasteiger partial charge >= 0.3 is 0 Å². The number of nitrogens with zero attached hydrogens (tertiary/aromatic N) is 3. The van der Waals surface area contributed by atoms with Crippen LogP contribution < -0.4 is 10.3 Å². The van der Waals surface area contributed by atoms with Crippen LogP contribution in [0.3, 0.4) is 0 Å². The molecule has 8 nitrogen and oxygen atoms in total. The van der Waals surface area contributed by atoms with Crippen molar-refractivity contribution in [3.63, 3.8) is 0 Å². The third-order valence-electron chi connectivity index (χ3n) is 4.37. The molecule has 4 rings (SSSR count). The normalized spacial score (nSPS) is 13.2. The average molecular weight is 398 g/mol. The van der Waals surface area contributed by atoms with Gasteiger partial charge < -0.3 is 4.52 Å². The van der Waals surface area contributed by atoms with Gasteiger partial charge in [-0.25, -0.2) is 17.8 Å². The predicted octanol–water partition coefficient (Wildman–Crippen LogP) is 2.05. The molecule has 1 unspecified atom stereocenters. The van der Waals surface area contributed by atoms with Crippen LogP contribution in [0.15, 0.2) is 64.0 Å². The Morgan fingerprint density at radius 1 is 1.11 bits per heavy atom. The van der Waals surface area contributed by atoms with E-state index in [1.54, 1.807) is 49.5 Å². The van der Waals surface area contributed by atoms with Crippen LogP contribution in [0.2, 0.25) is 0 Å².